The third-order valence-electron chi connectivity index (χ3n) is 7.70. The third-order valence-corrected chi connectivity index (χ3v) is 7.70. The van der Waals surface area contributed by atoms with Crippen molar-refractivity contribution < 1.29 is 38.1 Å². The van der Waals surface area contributed by atoms with Crippen LogP contribution in [0.1, 0.15) is 72.6 Å². The SMILES string of the molecule is C=CC(=O)OC(C)COC(=O)NC1CCC(CC2CCC(NC(=O)OCC(C)OC(=O)C=C)C(C)C2)CC1C. The summed E-state index contributed by atoms with van der Waals surface area (Å²) >= 11 is 0. The van der Waals surface area contributed by atoms with Gasteiger partial charge >= 0.3 is 24.1 Å². The van der Waals surface area contributed by atoms with Crippen LogP contribution in [0.4, 0.5) is 9.59 Å². The van der Waals surface area contributed by atoms with Gasteiger partial charge in [0, 0.05) is 24.2 Å². The summed E-state index contributed by atoms with van der Waals surface area (Å²) in [7, 11) is 0. The molecule has 10 nitrogen and oxygen atoms in total. The minimum atomic E-state index is -0.546. The second-order valence-corrected chi connectivity index (χ2v) is 11.2. The molecule has 8 unspecified atom stereocenters. The molecule has 0 radical (unpaired) electrons. The number of carbonyl (C=O) groups excluding carboxylic acids is 4. The molecule has 0 bridgehead atoms. The fourth-order valence-electron chi connectivity index (χ4n) is 5.68. The lowest BCUT2D eigenvalue weighted by molar-refractivity contribution is -0.144. The Morgan fingerprint density at radius 1 is 0.744 bits per heavy atom. The molecule has 0 aliphatic heterocycles. The highest BCUT2D eigenvalue weighted by molar-refractivity contribution is 5.81. The lowest BCUT2D eigenvalue weighted by Crippen LogP contribution is -2.45. The van der Waals surface area contributed by atoms with E-state index in [1.165, 1.54) is 0 Å². The number of hydrogen-bond acceptors (Lipinski definition) is 8. The van der Waals surface area contributed by atoms with Gasteiger partial charge in [-0.2, -0.15) is 0 Å². The minimum absolute atomic E-state index is 0.00709. The highest BCUT2D eigenvalue weighted by Gasteiger charge is 2.34. The number of ether oxygens (including phenoxy) is 4. The van der Waals surface area contributed by atoms with Crippen molar-refractivity contribution in [2.75, 3.05) is 13.2 Å². The molecular weight excluding hydrogens is 504 g/mol. The maximum atomic E-state index is 12.2. The van der Waals surface area contributed by atoms with Crippen LogP contribution >= 0.6 is 0 Å². The number of esters is 2. The second kappa shape index (κ2) is 16.2. The summed E-state index contributed by atoms with van der Waals surface area (Å²) in [5.41, 5.74) is 0. The smallest absolute Gasteiger partial charge is 0.407 e. The molecule has 2 saturated carbocycles. The minimum Gasteiger partial charge on any atom is -0.456 e. The van der Waals surface area contributed by atoms with Crippen molar-refractivity contribution in [3.63, 3.8) is 0 Å². The predicted octanol–water partition coefficient (Wildman–Crippen LogP) is 4.67. The summed E-state index contributed by atoms with van der Waals surface area (Å²) in [6.07, 6.45) is 7.26. The standard InChI is InChI=1S/C29H46N2O8/c1-7-26(32)38-20(5)16-36-28(34)30-24-11-9-22(13-18(24)3)15-23-10-12-25(19(4)14-23)31-29(35)37-17-21(6)39-27(33)8-2/h7-8,18-25H,1-2,9-17H2,3-6H3,(H,30,34)(H,31,35). The zero-order valence-electron chi connectivity index (χ0n) is 23.8. The van der Waals surface area contributed by atoms with Crippen molar-refractivity contribution >= 4 is 24.1 Å². The fourth-order valence-corrected chi connectivity index (χ4v) is 5.68. The highest BCUT2D eigenvalue weighted by Crippen LogP contribution is 2.39. The van der Waals surface area contributed by atoms with Crippen LogP contribution in [0.15, 0.2) is 25.3 Å². The van der Waals surface area contributed by atoms with Gasteiger partial charge in [-0.05, 0) is 82.5 Å². The number of nitrogens with one attached hydrogen (secondary N) is 2. The van der Waals surface area contributed by atoms with Crippen LogP contribution < -0.4 is 10.6 Å². The first-order valence-electron chi connectivity index (χ1n) is 14.0. The lowest BCUT2D eigenvalue weighted by Gasteiger charge is -2.39. The molecule has 10 heteroatoms. The number of carbonyl (C=O) groups is 4. The van der Waals surface area contributed by atoms with Gasteiger partial charge < -0.3 is 29.6 Å². The molecule has 8 atom stereocenters. The third kappa shape index (κ3) is 11.7. The van der Waals surface area contributed by atoms with Crippen molar-refractivity contribution in [3.8, 4) is 0 Å². The van der Waals surface area contributed by atoms with Crippen LogP contribution in [0.2, 0.25) is 0 Å². The van der Waals surface area contributed by atoms with Crippen molar-refractivity contribution in [1.82, 2.24) is 10.6 Å². The Bertz CT molecular complexity index is 794. The molecule has 0 saturated heterocycles. The summed E-state index contributed by atoms with van der Waals surface area (Å²) in [6.45, 7) is 14.3. The van der Waals surface area contributed by atoms with Crippen molar-refractivity contribution in [2.45, 2.75) is 96.9 Å². The Kier molecular flexibility index (Phi) is 13.3. The fraction of sp³-hybridized carbons (Fsp3) is 0.724. The summed E-state index contributed by atoms with van der Waals surface area (Å²) in [4.78, 5) is 46.9. The van der Waals surface area contributed by atoms with Gasteiger partial charge in [-0.15, -0.1) is 0 Å². The van der Waals surface area contributed by atoms with Crippen LogP contribution in [0.5, 0.6) is 0 Å². The Morgan fingerprint density at radius 3 is 1.46 bits per heavy atom. The first-order valence-corrected chi connectivity index (χ1v) is 14.0. The van der Waals surface area contributed by atoms with Crippen LogP contribution in [0.3, 0.4) is 0 Å². The van der Waals surface area contributed by atoms with E-state index in [0.717, 1.165) is 57.1 Å². The van der Waals surface area contributed by atoms with E-state index in [4.69, 9.17) is 18.9 Å². The topological polar surface area (TPSA) is 129 Å². The number of alkyl carbamates (subject to hydrolysis) is 2. The molecule has 2 aliphatic rings. The first kappa shape index (κ1) is 32.2. The monoisotopic (exact) mass is 550 g/mol. The van der Waals surface area contributed by atoms with E-state index in [1.54, 1.807) is 13.8 Å². The van der Waals surface area contributed by atoms with E-state index in [1.807, 2.05) is 0 Å². The maximum absolute atomic E-state index is 12.2. The van der Waals surface area contributed by atoms with E-state index < -0.39 is 36.3 Å². The van der Waals surface area contributed by atoms with Gasteiger partial charge in [-0.1, -0.05) is 27.0 Å². The lowest BCUT2D eigenvalue weighted by atomic mass is 9.70. The van der Waals surface area contributed by atoms with E-state index >= 15 is 0 Å². The van der Waals surface area contributed by atoms with Gasteiger partial charge in [-0.3, -0.25) is 0 Å². The molecule has 2 amide bonds. The first-order chi connectivity index (χ1) is 18.5. The van der Waals surface area contributed by atoms with E-state index in [9.17, 15) is 19.2 Å². The van der Waals surface area contributed by atoms with Gasteiger partial charge in [0.2, 0.25) is 0 Å². The van der Waals surface area contributed by atoms with Crippen LogP contribution in [-0.2, 0) is 28.5 Å². The van der Waals surface area contributed by atoms with E-state index in [-0.39, 0.29) is 25.3 Å². The quantitative estimate of drug-likeness (QED) is 0.204. The molecule has 2 rings (SSSR count). The molecule has 220 valence electrons. The molecule has 2 fully saturated rings. The molecule has 0 aromatic rings. The average molecular weight is 551 g/mol. The molecule has 0 aromatic heterocycles. The van der Waals surface area contributed by atoms with Gasteiger partial charge in [-0.25, -0.2) is 19.2 Å². The molecule has 0 spiro atoms. The Hall–Kier alpha value is -3.04. The summed E-state index contributed by atoms with van der Waals surface area (Å²) < 4.78 is 20.5. The summed E-state index contributed by atoms with van der Waals surface area (Å²) in [6, 6.07) is 0.125. The van der Waals surface area contributed by atoms with Gasteiger partial charge in [0.1, 0.15) is 25.4 Å². The molecule has 39 heavy (non-hydrogen) atoms. The van der Waals surface area contributed by atoms with E-state index in [0.29, 0.717) is 23.7 Å². The second-order valence-electron chi connectivity index (χ2n) is 11.2. The average Bonchev–Trinajstić information content (AvgIpc) is 2.89. The summed E-state index contributed by atoms with van der Waals surface area (Å²) in [5, 5.41) is 5.95. The van der Waals surface area contributed by atoms with Gasteiger partial charge in [0.25, 0.3) is 0 Å². The van der Waals surface area contributed by atoms with Crippen LogP contribution in [0, 0.1) is 23.7 Å². The Balaban J connectivity index is 1.66. The number of rotatable bonds is 12. The zero-order valence-corrected chi connectivity index (χ0v) is 23.8. The summed E-state index contributed by atoms with van der Waals surface area (Å²) in [5.74, 6) is 0.806. The van der Waals surface area contributed by atoms with E-state index in [2.05, 4.69) is 37.6 Å². The van der Waals surface area contributed by atoms with Crippen molar-refractivity contribution in [3.05, 3.63) is 25.3 Å². The number of amides is 2. The molecule has 2 aliphatic carbocycles. The molecule has 2 N–H and O–H groups in total. The maximum Gasteiger partial charge on any atom is 0.407 e. The van der Waals surface area contributed by atoms with Crippen molar-refractivity contribution in [2.24, 2.45) is 23.7 Å². The normalized spacial score (nSPS) is 28.1. The van der Waals surface area contributed by atoms with Crippen LogP contribution in [-0.4, -0.2) is 61.6 Å². The van der Waals surface area contributed by atoms with Gasteiger partial charge in [0.05, 0.1) is 0 Å². The highest BCUT2D eigenvalue weighted by atomic mass is 16.6. The molecule has 0 heterocycles. The molecule has 0 aromatic carbocycles. The molecular formula is C29H46N2O8. The number of hydrogen-bond donors (Lipinski definition) is 2. The predicted molar refractivity (Wildman–Crippen MR) is 146 cm³/mol. The largest absolute Gasteiger partial charge is 0.456 e. The Morgan fingerprint density at radius 2 is 1.13 bits per heavy atom. The Labute approximate surface area is 232 Å². The van der Waals surface area contributed by atoms with Crippen molar-refractivity contribution in [1.29, 1.82) is 0 Å². The van der Waals surface area contributed by atoms with Gasteiger partial charge in [0.15, 0.2) is 0 Å². The zero-order chi connectivity index (χ0) is 28.9. The van der Waals surface area contributed by atoms with Crippen LogP contribution in [0.25, 0.3) is 0 Å².